The number of benzene rings is 1. The SMILES string of the molecule is Cc1ccc(C(C)C)c(Oc2nc(C)cc(C)c2CO)c1. The normalized spacial score (nSPS) is 11.0. The summed E-state index contributed by atoms with van der Waals surface area (Å²) in [6.45, 7) is 10.1. The van der Waals surface area contributed by atoms with Crippen LogP contribution in [0, 0.1) is 20.8 Å². The number of hydrogen-bond acceptors (Lipinski definition) is 3. The Kier molecular flexibility index (Phi) is 4.63. The number of aromatic nitrogens is 1. The van der Waals surface area contributed by atoms with Crippen molar-refractivity contribution in [2.45, 2.75) is 47.1 Å². The van der Waals surface area contributed by atoms with Crippen molar-refractivity contribution >= 4 is 0 Å². The van der Waals surface area contributed by atoms with E-state index in [1.165, 1.54) is 0 Å². The molecule has 1 N–H and O–H groups in total. The lowest BCUT2D eigenvalue weighted by atomic mass is 10.0. The number of aliphatic hydroxyl groups excluding tert-OH is 1. The molecule has 0 bridgehead atoms. The lowest BCUT2D eigenvalue weighted by Gasteiger charge is -2.17. The number of pyridine rings is 1. The van der Waals surface area contributed by atoms with Gasteiger partial charge in [0.1, 0.15) is 5.75 Å². The first-order valence-electron chi connectivity index (χ1n) is 7.28. The Bertz CT molecular complexity index is 648. The summed E-state index contributed by atoms with van der Waals surface area (Å²) in [5, 5.41) is 9.58. The van der Waals surface area contributed by atoms with Gasteiger partial charge in [-0.1, -0.05) is 26.0 Å². The lowest BCUT2D eigenvalue weighted by molar-refractivity contribution is 0.274. The summed E-state index contributed by atoms with van der Waals surface area (Å²) in [7, 11) is 0. The summed E-state index contributed by atoms with van der Waals surface area (Å²) >= 11 is 0. The second-order valence-electron chi connectivity index (χ2n) is 5.82. The fourth-order valence-electron chi connectivity index (χ4n) is 2.42. The molecule has 2 aromatic rings. The van der Waals surface area contributed by atoms with Crippen molar-refractivity contribution in [1.29, 1.82) is 0 Å². The standard InChI is InChI=1S/C18H23NO2/c1-11(2)15-7-6-12(3)8-17(15)21-18-16(10-20)13(4)9-14(5)19-18/h6-9,11,20H,10H2,1-5H3. The van der Waals surface area contributed by atoms with Gasteiger partial charge >= 0.3 is 0 Å². The van der Waals surface area contributed by atoms with Crippen molar-refractivity contribution in [2.75, 3.05) is 0 Å². The molecule has 0 fully saturated rings. The van der Waals surface area contributed by atoms with Crippen LogP contribution >= 0.6 is 0 Å². The Hall–Kier alpha value is -1.87. The van der Waals surface area contributed by atoms with Crippen LogP contribution in [-0.2, 0) is 6.61 Å². The Balaban J connectivity index is 2.50. The Labute approximate surface area is 126 Å². The van der Waals surface area contributed by atoms with Crippen LogP contribution in [0.3, 0.4) is 0 Å². The van der Waals surface area contributed by atoms with E-state index in [-0.39, 0.29) is 6.61 Å². The first-order chi connectivity index (χ1) is 9.92. The molecule has 0 radical (unpaired) electrons. The van der Waals surface area contributed by atoms with Crippen LogP contribution in [0.4, 0.5) is 0 Å². The van der Waals surface area contributed by atoms with Crippen LogP contribution < -0.4 is 4.74 Å². The number of ether oxygens (including phenoxy) is 1. The smallest absolute Gasteiger partial charge is 0.225 e. The maximum Gasteiger partial charge on any atom is 0.225 e. The molecule has 1 aromatic heterocycles. The van der Waals surface area contributed by atoms with Gasteiger partial charge in [0.2, 0.25) is 5.88 Å². The zero-order valence-corrected chi connectivity index (χ0v) is 13.4. The minimum Gasteiger partial charge on any atom is -0.438 e. The molecular formula is C18H23NO2. The average Bonchev–Trinajstić information content (AvgIpc) is 2.37. The third-order valence-electron chi connectivity index (χ3n) is 3.59. The molecule has 0 saturated heterocycles. The van der Waals surface area contributed by atoms with Crippen LogP contribution in [0.25, 0.3) is 0 Å². The molecule has 2 rings (SSSR count). The van der Waals surface area contributed by atoms with E-state index >= 15 is 0 Å². The van der Waals surface area contributed by atoms with E-state index in [1.807, 2.05) is 32.9 Å². The van der Waals surface area contributed by atoms with Crippen LogP contribution in [-0.4, -0.2) is 10.1 Å². The van der Waals surface area contributed by atoms with E-state index in [1.54, 1.807) is 0 Å². The summed E-state index contributed by atoms with van der Waals surface area (Å²) in [5.74, 6) is 1.68. The van der Waals surface area contributed by atoms with Gasteiger partial charge in [-0.25, -0.2) is 4.98 Å². The fraction of sp³-hybridized carbons (Fsp3) is 0.389. The van der Waals surface area contributed by atoms with Gasteiger partial charge < -0.3 is 9.84 Å². The maximum absolute atomic E-state index is 9.58. The van der Waals surface area contributed by atoms with Gasteiger partial charge in [0.05, 0.1) is 6.61 Å². The molecule has 1 aromatic carbocycles. The summed E-state index contributed by atoms with van der Waals surface area (Å²) in [6.07, 6.45) is 0. The molecule has 3 nitrogen and oxygen atoms in total. The zero-order chi connectivity index (χ0) is 15.6. The average molecular weight is 285 g/mol. The lowest BCUT2D eigenvalue weighted by Crippen LogP contribution is -2.02. The number of aliphatic hydroxyl groups is 1. The maximum atomic E-state index is 9.58. The summed E-state index contributed by atoms with van der Waals surface area (Å²) in [5.41, 5.74) is 4.92. The number of hydrogen-bond donors (Lipinski definition) is 1. The van der Waals surface area contributed by atoms with Gasteiger partial charge in [-0.15, -0.1) is 0 Å². The molecule has 0 spiro atoms. The summed E-state index contributed by atoms with van der Waals surface area (Å²) in [4.78, 5) is 4.45. The van der Waals surface area contributed by atoms with E-state index in [4.69, 9.17) is 4.74 Å². The van der Waals surface area contributed by atoms with Gasteiger partial charge in [0.25, 0.3) is 0 Å². The Morgan fingerprint density at radius 1 is 1.14 bits per heavy atom. The minimum atomic E-state index is -0.0721. The molecule has 0 amide bonds. The summed E-state index contributed by atoms with van der Waals surface area (Å²) < 4.78 is 6.06. The van der Waals surface area contributed by atoms with Gasteiger partial charge in [-0.2, -0.15) is 0 Å². The molecule has 0 unspecified atom stereocenters. The molecule has 0 aliphatic rings. The van der Waals surface area contributed by atoms with Crippen molar-refractivity contribution in [3.05, 3.63) is 52.2 Å². The van der Waals surface area contributed by atoms with Gasteiger partial charge in [-0.05, 0) is 55.5 Å². The topological polar surface area (TPSA) is 42.4 Å². The highest BCUT2D eigenvalue weighted by Crippen LogP contribution is 2.33. The minimum absolute atomic E-state index is 0.0721. The van der Waals surface area contributed by atoms with Crippen molar-refractivity contribution in [3.8, 4) is 11.6 Å². The molecule has 0 atom stereocenters. The molecule has 0 aliphatic heterocycles. The van der Waals surface area contributed by atoms with Gasteiger partial charge in [0, 0.05) is 11.3 Å². The van der Waals surface area contributed by atoms with Crippen molar-refractivity contribution < 1.29 is 9.84 Å². The van der Waals surface area contributed by atoms with E-state index in [9.17, 15) is 5.11 Å². The third-order valence-corrected chi connectivity index (χ3v) is 3.59. The largest absolute Gasteiger partial charge is 0.438 e. The highest BCUT2D eigenvalue weighted by Gasteiger charge is 2.14. The Morgan fingerprint density at radius 3 is 2.48 bits per heavy atom. The van der Waals surface area contributed by atoms with E-state index in [0.29, 0.717) is 11.8 Å². The first-order valence-corrected chi connectivity index (χ1v) is 7.28. The molecule has 0 saturated carbocycles. The fourth-order valence-corrected chi connectivity index (χ4v) is 2.42. The summed E-state index contributed by atoms with van der Waals surface area (Å²) in [6, 6.07) is 8.16. The number of rotatable bonds is 4. The number of nitrogens with zero attached hydrogens (tertiary/aromatic N) is 1. The first kappa shape index (κ1) is 15.5. The third kappa shape index (κ3) is 3.42. The quantitative estimate of drug-likeness (QED) is 0.904. The number of aryl methyl sites for hydroxylation is 3. The highest BCUT2D eigenvalue weighted by molar-refractivity contribution is 5.44. The van der Waals surface area contributed by atoms with Gasteiger partial charge in [0.15, 0.2) is 0 Å². The predicted octanol–water partition coefficient (Wildman–Crippen LogP) is 4.41. The van der Waals surface area contributed by atoms with Crippen LogP contribution in [0.5, 0.6) is 11.6 Å². The zero-order valence-electron chi connectivity index (χ0n) is 13.4. The van der Waals surface area contributed by atoms with E-state index in [2.05, 4.69) is 31.0 Å². The van der Waals surface area contributed by atoms with Crippen LogP contribution in [0.2, 0.25) is 0 Å². The molecular weight excluding hydrogens is 262 g/mol. The van der Waals surface area contributed by atoms with E-state index < -0.39 is 0 Å². The molecule has 21 heavy (non-hydrogen) atoms. The monoisotopic (exact) mass is 285 g/mol. The molecule has 112 valence electrons. The second-order valence-corrected chi connectivity index (χ2v) is 5.82. The van der Waals surface area contributed by atoms with Crippen LogP contribution in [0.1, 0.15) is 47.7 Å². The second kappa shape index (κ2) is 6.27. The Morgan fingerprint density at radius 2 is 1.86 bits per heavy atom. The molecule has 1 heterocycles. The van der Waals surface area contributed by atoms with Crippen molar-refractivity contribution in [3.63, 3.8) is 0 Å². The van der Waals surface area contributed by atoms with Gasteiger partial charge in [-0.3, -0.25) is 0 Å². The predicted molar refractivity (Wildman–Crippen MR) is 85.0 cm³/mol. The van der Waals surface area contributed by atoms with E-state index in [0.717, 1.165) is 33.7 Å². The highest BCUT2D eigenvalue weighted by atomic mass is 16.5. The molecule has 0 aliphatic carbocycles. The van der Waals surface area contributed by atoms with Crippen molar-refractivity contribution in [2.24, 2.45) is 0 Å². The van der Waals surface area contributed by atoms with Crippen molar-refractivity contribution in [1.82, 2.24) is 4.98 Å². The van der Waals surface area contributed by atoms with Crippen LogP contribution in [0.15, 0.2) is 24.3 Å². The molecule has 3 heteroatoms.